The fraction of sp³-hybridized carbons (Fsp3) is 0.278. The van der Waals surface area contributed by atoms with Gasteiger partial charge in [0, 0.05) is 35.5 Å². The Morgan fingerprint density at radius 1 is 1.13 bits per heavy atom. The van der Waals surface area contributed by atoms with Crippen molar-refractivity contribution in [3.05, 3.63) is 65.2 Å². The van der Waals surface area contributed by atoms with E-state index in [-0.39, 0.29) is 5.91 Å². The molecule has 1 amide bonds. The second-order valence-electron chi connectivity index (χ2n) is 5.68. The Bertz CT molecular complexity index is 696. The molecule has 0 radical (unpaired) electrons. The zero-order valence-electron chi connectivity index (χ0n) is 13.7. The van der Waals surface area contributed by atoms with E-state index in [9.17, 15) is 9.00 Å². The Balaban J connectivity index is 2.04. The molecule has 2 rings (SSSR count). The standard InChI is InChI=1S/C18H22N2O2S/c1-13-4-8-15(9-5-13)17(19)18(21)20(2)12-14-6-10-16(11-7-14)23(3)22/h4-11,17H,12,19H2,1-3H3. The average molecular weight is 330 g/mol. The summed E-state index contributed by atoms with van der Waals surface area (Å²) in [6.07, 6.45) is 1.64. The first-order valence-electron chi connectivity index (χ1n) is 7.38. The first-order valence-corrected chi connectivity index (χ1v) is 8.94. The summed E-state index contributed by atoms with van der Waals surface area (Å²) in [6.45, 7) is 2.46. The molecule has 0 heterocycles. The van der Waals surface area contributed by atoms with E-state index in [1.54, 1.807) is 18.2 Å². The molecule has 2 atom stereocenters. The van der Waals surface area contributed by atoms with E-state index < -0.39 is 16.8 Å². The summed E-state index contributed by atoms with van der Waals surface area (Å²) in [6, 6.07) is 14.4. The Kier molecular flexibility index (Phi) is 5.69. The fourth-order valence-electron chi connectivity index (χ4n) is 2.29. The van der Waals surface area contributed by atoms with Crippen LogP contribution in [-0.2, 0) is 22.1 Å². The van der Waals surface area contributed by atoms with E-state index in [0.717, 1.165) is 21.6 Å². The van der Waals surface area contributed by atoms with Gasteiger partial charge in [0.2, 0.25) is 5.91 Å². The van der Waals surface area contributed by atoms with Crippen LogP contribution in [0, 0.1) is 6.92 Å². The van der Waals surface area contributed by atoms with Gasteiger partial charge >= 0.3 is 0 Å². The van der Waals surface area contributed by atoms with Gasteiger partial charge in [-0.1, -0.05) is 42.0 Å². The molecule has 4 nitrogen and oxygen atoms in total. The number of benzene rings is 2. The van der Waals surface area contributed by atoms with Crippen LogP contribution >= 0.6 is 0 Å². The number of nitrogens with two attached hydrogens (primary N) is 1. The number of nitrogens with zero attached hydrogens (tertiary/aromatic N) is 1. The largest absolute Gasteiger partial charge is 0.340 e. The van der Waals surface area contributed by atoms with Crippen LogP contribution in [0.5, 0.6) is 0 Å². The van der Waals surface area contributed by atoms with Gasteiger partial charge in [0.1, 0.15) is 6.04 Å². The van der Waals surface area contributed by atoms with Crippen molar-refractivity contribution in [2.24, 2.45) is 5.73 Å². The predicted octanol–water partition coefficient (Wildman–Crippen LogP) is 2.39. The van der Waals surface area contributed by atoms with Gasteiger partial charge in [0.25, 0.3) is 0 Å². The monoisotopic (exact) mass is 330 g/mol. The van der Waals surface area contributed by atoms with Gasteiger partial charge in [-0.3, -0.25) is 9.00 Å². The molecular weight excluding hydrogens is 308 g/mol. The molecule has 0 saturated heterocycles. The number of carbonyl (C=O) groups is 1. The topological polar surface area (TPSA) is 63.4 Å². The Labute approximate surface area is 139 Å². The van der Waals surface area contributed by atoms with Crippen LogP contribution in [0.2, 0.25) is 0 Å². The number of carbonyl (C=O) groups excluding carboxylic acids is 1. The Morgan fingerprint density at radius 3 is 2.22 bits per heavy atom. The maximum atomic E-state index is 12.5. The van der Waals surface area contributed by atoms with Crippen LogP contribution in [0.15, 0.2) is 53.4 Å². The third-order valence-electron chi connectivity index (χ3n) is 3.75. The first-order chi connectivity index (χ1) is 10.9. The molecule has 23 heavy (non-hydrogen) atoms. The van der Waals surface area contributed by atoms with Crippen LogP contribution in [-0.4, -0.2) is 28.3 Å². The maximum Gasteiger partial charge on any atom is 0.244 e. The van der Waals surface area contributed by atoms with Crippen LogP contribution in [0.4, 0.5) is 0 Å². The lowest BCUT2D eigenvalue weighted by Crippen LogP contribution is -2.35. The van der Waals surface area contributed by atoms with Gasteiger partial charge in [-0.2, -0.15) is 0 Å². The van der Waals surface area contributed by atoms with Gasteiger partial charge in [-0.25, -0.2) is 0 Å². The SMILES string of the molecule is Cc1ccc(C(N)C(=O)N(C)Cc2ccc(S(C)=O)cc2)cc1. The molecule has 2 aromatic rings. The van der Waals surface area contributed by atoms with Crippen molar-refractivity contribution >= 4 is 16.7 Å². The summed E-state index contributed by atoms with van der Waals surface area (Å²) in [4.78, 5) is 14.9. The summed E-state index contributed by atoms with van der Waals surface area (Å²) >= 11 is 0. The molecule has 0 saturated carbocycles. The summed E-state index contributed by atoms with van der Waals surface area (Å²) in [5, 5.41) is 0. The first kappa shape index (κ1) is 17.4. The van der Waals surface area contributed by atoms with Gasteiger partial charge in [0.05, 0.1) is 0 Å². The van der Waals surface area contributed by atoms with Crippen molar-refractivity contribution in [2.45, 2.75) is 24.4 Å². The molecular formula is C18H22N2O2S. The quantitative estimate of drug-likeness (QED) is 0.915. The van der Waals surface area contributed by atoms with Crippen LogP contribution in [0.3, 0.4) is 0 Å². The lowest BCUT2D eigenvalue weighted by molar-refractivity contribution is -0.131. The molecule has 2 aromatic carbocycles. The smallest absolute Gasteiger partial charge is 0.244 e. The summed E-state index contributed by atoms with van der Waals surface area (Å²) in [5.74, 6) is -0.128. The highest BCUT2D eigenvalue weighted by atomic mass is 32.2. The number of hydrogen-bond acceptors (Lipinski definition) is 3. The summed E-state index contributed by atoms with van der Waals surface area (Å²) in [5.41, 5.74) is 9.00. The second kappa shape index (κ2) is 7.53. The zero-order valence-corrected chi connectivity index (χ0v) is 14.5. The molecule has 2 unspecified atom stereocenters. The Hall–Kier alpha value is -1.98. The van der Waals surface area contributed by atoms with Crippen molar-refractivity contribution in [2.75, 3.05) is 13.3 Å². The maximum absolute atomic E-state index is 12.5. The van der Waals surface area contributed by atoms with Gasteiger partial charge < -0.3 is 10.6 Å². The predicted molar refractivity (Wildman–Crippen MR) is 93.4 cm³/mol. The normalized spacial score (nSPS) is 13.4. The highest BCUT2D eigenvalue weighted by Crippen LogP contribution is 2.16. The molecule has 0 aliphatic heterocycles. The van der Waals surface area contributed by atoms with E-state index in [4.69, 9.17) is 5.73 Å². The van der Waals surface area contributed by atoms with Crippen molar-refractivity contribution in [1.29, 1.82) is 0 Å². The number of rotatable bonds is 5. The number of aryl methyl sites for hydroxylation is 1. The summed E-state index contributed by atoms with van der Waals surface area (Å²) in [7, 11) is 0.745. The van der Waals surface area contributed by atoms with Crippen LogP contribution in [0.1, 0.15) is 22.7 Å². The van der Waals surface area contributed by atoms with Crippen molar-refractivity contribution in [1.82, 2.24) is 4.90 Å². The third-order valence-corrected chi connectivity index (χ3v) is 4.69. The van der Waals surface area contributed by atoms with E-state index in [2.05, 4.69) is 0 Å². The van der Waals surface area contributed by atoms with E-state index in [1.165, 1.54) is 0 Å². The van der Waals surface area contributed by atoms with Crippen molar-refractivity contribution in [3.63, 3.8) is 0 Å². The molecule has 122 valence electrons. The van der Waals surface area contributed by atoms with Gasteiger partial charge in [-0.15, -0.1) is 0 Å². The van der Waals surface area contributed by atoms with Gasteiger partial charge in [0.15, 0.2) is 0 Å². The van der Waals surface area contributed by atoms with Crippen LogP contribution in [0.25, 0.3) is 0 Å². The van der Waals surface area contributed by atoms with Crippen molar-refractivity contribution < 1.29 is 9.00 Å². The van der Waals surface area contributed by atoms with E-state index in [1.807, 2.05) is 55.5 Å². The van der Waals surface area contributed by atoms with Gasteiger partial charge in [-0.05, 0) is 30.2 Å². The van der Waals surface area contributed by atoms with Crippen LogP contribution < -0.4 is 5.73 Å². The minimum atomic E-state index is -0.993. The molecule has 2 N–H and O–H groups in total. The minimum absolute atomic E-state index is 0.128. The zero-order chi connectivity index (χ0) is 17.0. The molecule has 0 fully saturated rings. The molecule has 0 spiro atoms. The minimum Gasteiger partial charge on any atom is -0.340 e. The Morgan fingerprint density at radius 2 is 1.70 bits per heavy atom. The molecule has 5 heteroatoms. The highest BCUT2D eigenvalue weighted by Gasteiger charge is 2.19. The summed E-state index contributed by atoms with van der Waals surface area (Å²) < 4.78 is 11.4. The number of likely N-dealkylation sites (N-methyl/N-ethyl adjacent to an activating group) is 1. The molecule has 0 bridgehead atoms. The highest BCUT2D eigenvalue weighted by molar-refractivity contribution is 7.84. The molecule has 0 aliphatic rings. The lowest BCUT2D eigenvalue weighted by atomic mass is 10.0. The van der Waals surface area contributed by atoms with E-state index in [0.29, 0.717) is 6.54 Å². The van der Waals surface area contributed by atoms with E-state index >= 15 is 0 Å². The fourth-order valence-corrected chi connectivity index (χ4v) is 2.81. The number of amides is 1. The molecule has 0 aliphatic carbocycles. The molecule has 0 aromatic heterocycles. The second-order valence-corrected chi connectivity index (χ2v) is 7.06. The average Bonchev–Trinajstić information content (AvgIpc) is 2.54. The van der Waals surface area contributed by atoms with Crippen molar-refractivity contribution in [3.8, 4) is 0 Å². The third kappa shape index (κ3) is 4.50. The number of hydrogen-bond donors (Lipinski definition) is 1. The lowest BCUT2D eigenvalue weighted by Gasteiger charge is -2.22.